The molecule has 0 spiro atoms. The van der Waals surface area contributed by atoms with E-state index in [1.807, 2.05) is 0 Å². The maximum atomic E-state index is 12.1. The lowest BCUT2D eigenvalue weighted by molar-refractivity contribution is -0.000732. The van der Waals surface area contributed by atoms with Crippen LogP contribution in [0.1, 0.15) is 35.6 Å². The van der Waals surface area contributed by atoms with Crippen LogP contribution >= 0.6 is 0 Å². The molecule has 1 aliphatic heterocycles. The maximum absolute atomic E-state index is 12.1. The number of furan rings is 1. The molecule has 0 aromatic carbocycles. The summed E-state index contributed by atoms with van der Waals surface area (Å²) >= 11 is 0. The Kier molecular flexibility index (Phi) is 4.38. The van der Waals surface area contributed by atoms with Crippen LogP contribution in [-0.2, 0) is 11.3 Å². The largest absolute Gasteiger partial charge is 0.455 e. The summed E-state index contributed by atoms with van der Waals surface area (Å²) in [6, 6.07) is 3.40. The molecule has 5 heteroatoms. The van der Waals surface area contributed by atoms with Gasteiger partial charge in [-0.25, -0.2) is 0 Å². The van der Waals surface area contributed by atoms with Gasteiger partial charge in [-0.05, 0) is 31.4 Å². The molecule has 18 heavy (non-hydrogen) atoms. The Balaban J connectivity index is 1.91. The second-order valence-electron chi connectivity index (χ2n) is 4.64. The predicted molar refractivity (Wildman–Crippen MR) is 67.2 cm³/mol. The van der Waals surface area contributed by atoms with Crippen molar-refractivity contribution in [1.29, 1.82) is 0 Å². The normalized spacial score (nSPS) is 19.8. The number of amides is 1. The van der Waals surface area contributed by atoms with Crippen LogP contribution in [0.5, 0.6) is 0 Å². The summed E-state index contributed by atoms with van der Waals surface area (Å²) in [5.74, 6) is 0.846. The first-order valence-corrected chi connectivity index (χ1v) is 6.36. The molecule has 0 radical (unpaired) electrons. The van der Waals surface area contributed by atoms with E-state index in [0.29, 0.717) is 24.6 Å². The predicted octanol–water partition coefficient (Wildman–Crippen LogP) is 1.38. The smallest absolute Gasteiger partial charge is 0.289 e. The fourth-order valence-electron chi connectivity index (χ4n) is 2.13. The van der Waals surface area contributed by atoms with Gasteiger partial charge in [0, 0.05) is 20.2 Å². The van der Waals surface area contributed by atoms with Crippen molar-refractivity contribution in [3.8, 4) is 0 Å². The zero-order chi connectivity index (χ0) is 13.0. The van der Waals surface area contributed by atoms with Crippen LogP contribution in [-0.4, -0.2) is 37.1 Å². The lowest BCUT2D eigenvalue weighted by atomic mass is 10.1. The van der Waals surface area contributed by atoms with Gasteiger partial charge in [-0.3, -0.25) is 4.79 Å². The van der Waals surface area contributed by atoms with Gasteiger partial charge in [-0.2, -0.15) is 0 Å². The average molecular weight is 252 g/mol. The Bertz CT molecular complexity index is 397. The summed E-state index contributed by atoms with van der Waals surface area (Å²) in [5, 5.41) is 0. The molecule has 1 aliphatic rings. The van der Waals surface area contributed by atoms with E-state index < -0.39 is 0 Å². The van der Waals surface area contributed by atoms with Gasteiger partial charge >= 0.3 is 0 Å². The molecular formula is C13H20N2O3. The van der Waals surface area contributed by atoms with E-state index in [4.69, 9.17) is 14.9 Å². The van der Waals surface area contributed by atoms with Crippen LogP contribution in [0.3, 0.4) is 0 Å². The summed E-state index contributed by atoms with van der Waals surface area (Å²) in [7, 11) is 1.77. The molecule has 2 heterocycles. The third-order valence-corrected chi connectivity index (χ3v) is 3.17. The van der Waals surface area contributed by atoms with Crippen LogP contribution in [0.4, 0.5) is 0 Å². The van der Waals surface area contributed by atoms with Crippen molar-refractivity contribution in [2.75, 3.05) is 20.2 Å². The highest BCUT2D eigenvalue weighted by Gasteiger charge is 2.21. The van der Waals surface area contributed by atoms with E-state index >= 15 is 0 Å². The Hall–Kier alpha value is -1.33. The fraction of sp³-hybridized carbons (Fsp3) is 0.615. The Morgan fingerprint density at radius 2 is 2.33 bits per heavy atom. The number of carbonyl (C=O) groups excluding carboxylic acids is 1. The van der Waals surface area contributed by atoms with Crippen molar-refractivity contribution < 1.29 is 13.9 Å². The van der Waals surface area contributed by atoms with E-state index in [-0.39, 0.29) is 12.0 Å². The number of nitrogens with zero attached hydrogens (tertiary/aromatic N) is 1. The highest BCUT2D eigenvalue weighted by atomic mass is 16.5. The minimum Gasteiger partial charge on any atom is -0.455 e. The van der Waals surface area contributed by atoms with Crippen molar-refractivity contribution >= 4 is 5.91 Å². The first kappa shape index (κ1) is 13.1. The number of nitrogens with two attached hydrogens (primary N) is 1. The molecule has 2 rings (SSSR count). The van der Waals surface area contributed by atoms with Gasteiger partial charge in [0.1, 0.15) is 5.76 Å². The van der Waals surface area contributed by atoms with Gasteiger partial charge in [-0.15, -0.1) is 0 Å². The number of carbonyl (C=O) groups is 1. The molecule has 1 atom stereocenters. The number of rotatable bonds is 4. The highest BCUT2D eigenvalue weighted by Crippen LogP contribution is 2.15. The fourth-order valence-corrected chi connectivity index (χ4v) is 2.13. The quantitative estimate of drug-likeness (QED) is 0.879. The lowest BCUT2D eigenvalue weighted by Crippen LogP contribution is -2.36. The minimum atomic E-state index is -0.121. The zero-order valence-corrected chi connectivity index (χ0v) is 10.7. The van der Waals surface area contributed by atoms with Gasteiger partial charge < -0.3 is 19.8 Å². The molecule has 1 aromatic rings. The van der Waals surface area contributed by atoms with Gasteiger partial charge in [0.15, 0.2) is 5.76 Å². The molecular weight excluding hydrogens is 232 g/mol. The van der Waals surface area contributed by atoms with Crippen molar-refractivity contribution in [3.05, 3.63) is 23.7 Å². The van der Waals surface area contributed by atoms with Gasteiger partial charge in [0.2, 0.25) is 0 Å². The molecule has 0 saturated carbocycles. The van der Waals surface area contributed by atoms with Crippen LogP contribution in [0.15, 0.2) is 16.5 Å². The van der Waals surface area contributed by atoms with Gasteiger partial charge in [0.05, 0.1) is 12.6 Å². The molecule has 1 amide bonds. The Morgan fingerprint density at radius 1 is 1.50 bits per heavy atom. The van der Waals surface area contributed by atoms with Crippen molar-refractivity contribution in [2.24, 2.45) is 5.73 Å². The third kappa shape index (κ3) is 3.11. The van der Waals surface area contributed by atoms with E-state index in [2.05, 4.69) is 0 Å². The molecule has 1 aromatic heterocycles. The van der Waals surface area contributed by atoms with E-state index in [9.17, 15) is 4.79 Å². The standard InChI is InChI=1S/C13H20N2O3/c1-15(9-11-4-2-3-7-17-11)13(16)12-6-5-10(8-14)18-12/h5-6,11H,2-4,7-9,14H2,1H3. The summed E-state index contributed by atoms with van der Waals surface area (Å²) in [5.41, 5.74) is 5.45. The molecule has 2 N–H and O–H groups in total. The summed E-state index contributed by atoms with van der Waals surface area (Å²) in [6.07, 6.45) is 3.46. The first-order valence-electron chi connectivity index (χ1n) is 6.36. The second-order valence-corrected chi connectivity index (χ2v) is 4.64. The zero-order valence-electron chi connectivity index (χ0n) is 10.7. The van der Waals surface area contributed by atoms with E-state index in [1.165, 1.54) is 6.42 Å². The van der Waals surface area contributed by atoms with E-state index in [1.54, 1.807) is 24.1 Å². The minimum absolute atomic E-state index is 0.121. The number of hydrogen-bond donors (Lipinski definition) is 1. The molecule has 1 fully saturated rings. The van der Waals surface area contributed by atoms with Crippen molar-refractivity contribution in [2.45, 2.75) is 31.9 Å². The maximum Gasteiger partial charge on any atom is 0.289 e. The summed E-state index contributed by atoms with van der Waals surface area (Å²) < 4.78 is 11.0. The number of ether oxygens (including phenoxy) is 1. The van der Waals surface area contributed by atoms with E-state index in [0.717, 1.165) is 19.4 Å². The Labute approximate surface area is 107 Å². The van der Waals surface area contributed by atoms with Crippen LogP contribution in [0.2, 0.25) is 0 Å². The van der Waals surface area contributed by atoms with Crippen LogP contribution in [0.25, 0.3) is 0 Å². The van der Waals surface area contributed by atoms with Crippen molar-refractivity contribution in [1.82, 2.24) is 4.90 Å². The number of likely N-dealkylation sites (N-methyl/N-ethyl adjacent to an activating group) is 1. The van der Waals surface area contributed by atoms with Crippen molar-refractivity contribution in [3.63, 3.8) is 0 Å². The molecule has 0 bridgehead atoms. The SMILES string of the molecule is CN(CC1CCCCO1)C(=O)c1ccc(CN)o1. The molecule has 5 nitrogen and oxygen atoms in total. The molecule has 1 unspecified atom stereocenters. The molecule has 0 aliphatic carbocycles. The topological polar surface area (TPSA) is 68.7 Å². The lowest BCUT2D eigenvalue weighted by Gasteiger charge is -2.26. The molecule has 100 valence electrons. The first-order chi connectivity index (χ1) is 8.70. The highest BCUT2D eigenvalue weighted by molar-refractivity contribution is 5.91. The third-order valence-electron chi connectivity index (χ3n) is 3.17. The van der Waals surface area contributed by atoms with Gasteiger partial charge in [-0.1, -0.05) is 0 Å². The monoisotopic (exact) mass is 252 g/mol. The van der Waals surface area contributed by atoms with Gasteiger partial charge in [0.25, 0.3) is 5.91 Å². The summed E-state index contributed by atoms with van der Waals surface area (Å²) in [4.78, 5) is 13.7. The number of hydrogen-bond acceptors (Lipinski definition) is 4. The molecule has 1 saturated heterocycles. The second kappa shape index (κ2) is 6.02. The van der Waals surface area contributed by atoms with Crippen LogP contribution < -0.4 is 5.73 Å². The summed E-state index contributed by atoms with van der Waals surface area (Å²) in [6.45, 7) is 1.71. The average Bonchev–Trinajstić information content (AvgIpc) is 2.87. The Morgan fingerprint density at radius 3 is 2.94 bits per heavy atom. The van der Waals surface area contributed by atoms with Crippen LogP contribution in [0, 0.1) is 0 Å².